The molecule has 0 aliphatic heterocycles. The number of nitrogens with two attached hydrogens (primary N) is 2. The lowest BCUT2D eigenvalue weighted by atomic mass is 10.0. The Morgan fingerprint density at radius 2 is 2.04 bits per heavy atom. The first-order chi connectivity index (χ1) is 12.1. The highest BCUT2D eigenvalue weighted by Gasteiger charge is 2.30. The van der Waals surface area contributed by atoms with Crippen molar-refractivity contribution in [2.24, 2.45) is 0 Å². The van der Waals surface area contributed by atoms with E-state index in [0.717, 1.165) is 12.1 Å². The van der Waals surface area contributed by atoms with Crippen LogP contribution in [-0.4, -0.2) is 21.8 Å². The molecule has 2 aromatic rings. The second-order valence-electron chi connectivity index (χ2n) is 5.51. The molecule has 2 rings (SSSR count). The van der Waals surface area contributed by atoms with Gasteiger partial charge in [0.2, 0.25) is 5.95 Å². The average molecular weight is 364 g/mol. The van der Waals surface area contributed by atoms with E-state index >= 15 is 0 Å². The van der Waals surface area contributed by atoms with E-state index in [0.29, 0.717) is 0 Å². The highest BCUT2D eigenvalue weighted by molar-refractivity contribution is 5.88. The molecule has 0 spiro atoms. The maximum atomic E-state index is 12.7. The molecule has 0 aliphatic carbocycles. The number of anilines is 3. The van der Waals surface area contributed by atoms with Gasteiger partial charge in [-0.2, -0.15) is 28.4 Å². The van der Waals surface area contributed by atoms with Gasteiger partial charge in [-0.25, -0.2) is 0 Å². The molecular weight excluding hydrogens is 349 g/mol. The van der Waals surface area contributed by atoms with E-state index in [1.165, 1.54) is 19.1 Å². The van der Waals surface area contributed by atoms with Crippen molar-refractivity contribution < 1.29 is 18.0 Å². The molecule has 0 bridgehead atoms. The summed E-state index contributed by atoms with van der Waals surface area (Å²) in [6.45, 7) is 1.49. The van der Waals surface area contributed by atoms with E-state index in [9.17, 15) is 18.0 Å². The number of carbonyl (C=O) groups excluding carboxylic acids is 1. The van der Waals surface area contributed by atoms with Crippen molar-refractivity contribution in [3.8, 4) is 6.07 Å². The molecule has 7 nitrogen and oxygen atoms in total. The van der Waals surface area contributed by atoms with Crippen LogP contribution in [0.2, 0.25) is 0 Å². The summed E-state index contributed by atoms with van der Waals surface area (Å²) in [5.74, 6) is -0.729. The van der Waals surface area contributed by atoms with Gasteiger partial charge in [-0.3, -0.25) is 4.79 Å². The maximum Gasteiger partial charge on any atom is 0.416 e. The fourth-order valence-corrected chi connectivity index (χ4v) is 2.21. The summed E-state index contributed by atoms with van der Waals surface area (Å²) in [6.07, 6.45) is -4.71. The quantitative estimate of drug-likeness (QED) is 0.741. The summed E-state index contributed by atoms with van der Waals surface area (Å²) in [5.41, 5.74) is 10.4. The summed E-state index contributed by atoms with van der Waals surface area (Å²) in [6, 6.07) is 5.49. The minimum Gasteiger partial charge on any atom is -0.382 e. The van der Waals surface area contributed by atoms with Crippen LogP contribution in [0.3, 0.4) is 0 Å². The monoisotopic (exact) mass is 364 g/mol. The minimum absolute atomic E-state index is 0.0117. The van der Waals surface area contributed by atoms with Crippen molar-refractivity contribution >= 4 is 23.4 Å². The number of alkyl halides is 3. The second kappa shape index (κ2) is 7.26. The smallest absolute Gasteiger partial charge is 0.382 e. The number of rotatable bonds is 5. The summed E-state index contributed by atoms with van der Waals surface area (Å²) in [5, 5.41) is 11.8. The third kappa shape index (κ3) is 4.38. The van der Waals surface area contributed by atoms with Gasteiger partial charge < -0.3 is 16.8 Å². The van der Waals surface area contributed by atoms with Crippen LogP contribution in [-0.2, 0) is 17.4 Å². The number of Topliss-reactive ketones (excluding diaryl/α,β-unsaturated/α-hetero) is 1. The number of aromatic nitrogens is 2. The van der Waals surface area contributed by atoms with E-state index in [-0.39, 0.29) is 35.1 Å². The van der Waals surface area contributed by atoms with Gasteiger partial charge in [0.1, 0.15) is 17.5 Å². The van der Waals surface area contributed by atoms with Gasteiger partial charge in [-0.1, -0.05) is 18.2 Å². The molecule has 1 aromatic carbocycles. The van der Waals surface area contributed by atoms with Crippen molar-refractivity contribution in [1.29, 1.82) is 5.26 Å². The number of nitrogens with zero attached hydrogens (tertiary/aromatic N) is 3. The molecule has 0 fully saturated rings. The zero-order valence-electron chi connectivity index (χ0n) is 13.6. The van der Waals surface area contributed by atoms with E-state index in [4.69, 9.17) is 16.7 Å². The van der Waals surface area contributed by atoms with Crippen LogP contribution >= 0.6 is 0 Å². The Morgan fingerprint density at radius 1 is 1.35 bits per heavy atom. The third-order valence-electron chi connectivity index (χ3n) is 3.53. The van der Waals surface area contributed by atoms with Gasteiger partial charge in [0.15, 0.2) is 11.6 Å². The Labute approximate surface area is 146 Å². The van der Waals surface area contributed by atoms with Gasteiger partial charge in [-0.15, -0.1) is 0 Å². The Balaban J connectivity index is 2.16. The van der Waals surface area contributed by atoms with E-state index in [2.05, 4.69) is 15.3 Å². The third-order valence-corrected chi connectivity index (χ3v) is 3.53. The molecule has 0 radical (unpaired) electrons. The van der Waals surface area contributed by atoms with Crippen LogP contribution in [0, 0.1) is 11.3 Å². The zero-order chi connectivity index (χ0) is 19.5. The van der Waals surface area contributed by atoms with Crippen molar-refractivity contribution in [2.75, 3.05) is 16.8 Å². The topological polar surface area (TPSA) is 131 Å². The molecule has 1 heterocycles. The first-order valence-electron chi connectivity index (χ1n) is 7.40. The van der Waals surface area contributed by atoms with Gasteiger partial charge in [0, 0.05) is 6.42 Å². The number of carbonyl (C=O) groups is 1. The normalized spacial score (nSPS) is 12.3. The van der Waals surface area contributed by atoms with Crippen molar-refractivity contribution in [2.45, 2.75) is 25.6 Å². The largest absolute Gasteiger partial charge is 0.416 e. The molecule has 0 amide bonds. The summed E-state index contributed by atoms with van der Waals surface area (Å²) >= 11 is 0. The predicted octanol–water partition coefficient (Wildman–Crippen LogP) is 2.14. The Kier molecular flexibility index (Phi) is 5.30. The lowest BCUT2D eigenvalue weighted by Crippen LogP contribution is -2.29. The zero-order valence-corrected chi connectivity index (χ0v) is 13.6. The van der Waals surface area contributed by atoms with Gasteiger partial charge >= 0.3 is 6.18 Å². The standard InChI is InChI=1S/C16H15F3N6O/c1-8(23-14-11(7-20)13(21)24-15(22)25-14)12(26)6-9-3-2-4-10(5-9)16(17,18)19/h2-5,8H,6H2,1H3,(H5,21,22,23,24,25)/t8-/m0/s1. The van der Waals surface area contributed by atoms with Crippen LogP contribution in [0.15, 0.2) is 24.3 Å². The maximum absolute atomic E-state index is 12.7. The molecule has 0 unspecified atom stereocenters. The average Bonchev–Trinajstić information content (AvgIpc) is 2.54. The number of benzene rings is 1. The number of halogens is 3. The number of ketones is 1. The lowest BCUT2D eigenvalue weighted by molar-refractivity contribution is -0.137. The molecule has 10 heteroatoms. The number of hydrogen-bond donors (Lipinski definition) is 3. The van der Waals surface area contributed by atoms with Crippen LogP contribution < -0.4 is 16.8 Å². The highest BCUT2D eigenvalue weighted by Crippen LogP contribution is 2.29. The number of hydrogen-bond acceptors (Lipinski definition) is 7. The Hall–Kier alpha value is -3.35. The van der Waals surface area contributed by atoms with Crippen LogP contribution in [0.25, 0.3) is 0 Å². The van der Waals surface area contributed by atoms with Gasteiger partial charge in [0.05, 0.1) is 11.6 Å². The SMILES string of the molecule is C[C@H](Nc1nc(N)nc(N)c1C#N)C(=O)Cc1cccc(C(F)(F)F)c1. The van der Waals surface area contributed by atoms with Crippen molar-refractivity contribution in [1.82, 2.24) is 9.97 Å². The van der Waals surface area contributed by atoms with E-state index in [1.54, 1.807) is 6.07 Å². The first-order valence-corrected chi connectivity index (χ1v) is 7.40. The first kappa shape index (κ1) is 19.0. The Bertz CT molecular complexity index is 875. The summed E-state index contributed by atoms with van der Waals surface area (Å²) in [7, 11) is 0. The van der Waals surface area contributed by atoms with Gasteiger partial charge in [0.25, 0.3) is 0 Å². The molecule has 0 saturated carbocycles. The molecule has 0 aliphatic rings. The van der Waals surface area contributed by atoms with Crippen LogP contribution in [0.1, 0.15) is 23.6 Å². The fraction of sp³-hybridized carbons (Fsp3) is 0.250. The minimum atomic E-state index is -4.49. The van der Waals surface area contributed by atoms with Crippen molar-refractivity contribution in [3.63, 3.8) is 0 Å². The van der Waals surface area contributed by atoms with Crippen LogP contribution in [0.4, 0.5) is 30.8 Å². The van der Waals surface area contributed by atoms with Crippen molar-refractivity contribution in [3.05, 3.63) is 41.0 Å². The number of nitriles is 1. The second-order valence-corrected chi connectivity index (χ2v) is 5.51. The number of nitrogen functional groups attached to an aromatic ring is 2. The van der Waals surface area contributed by atoms with E-state index < -0.39 is 23.6 Å². The molecule has 1 aromatic heterocycles. The molecule has 1 atom stereocenters. The van der Waals surface area contributed by atoms with Gasteiger partial charge in [-0.05, 0) is 18.6 Å². The molecular formula is C16H15F3N6O. The summed E-state index contributed by atoms with van der Waals surface area (Å²) < 4.78 is 38.2. The van der Waals surface area contributed by atoms with E-state index in [1.807, 2.05) is 0 Å². The number of nitrogens with one attached hydrogen (secondary N) is 1. The highest BCUT2D eigenvalue weighted by atomic mass is 19.4. The Morgan fingerprint density at radius 3 is 2.65 bits per heavy atom. The molecule has 0 saturated heterocycles. The molecule has 5 N–H and O–H groups in total. The predicted molar refractivity (Wildman–Crippen MR) is 88.8 cm³/mol. The van der Waals surface area contributed by atoms with Crippen LogP contribution in [0.5, 0.6) is 0 Å². The molecule has 136 valence electrons. The molecule has 26 heavy (non-hydrogen) atoms. The summed E-state index contributed by atoms with van der Waals surface area (Å²) in [4.78, 5) is 19.8. The lowest BCUT2D eigenvalue weighted by Gasteiger charge is -2.15. The fourth-order valence-electron chi connectivity index (χ4n) is 2.21.